The fourth-order valence-corrected chi connectivity index (χ4v) is 1.36. The Bertz CT molecular complexity index is 909. The first-order chi connectivity index (χ1) is 12.8. The molecule has 2 aromatic rings. The van der Waals surface area contributed by atoms with E-state index in [1.807, 2.05) is 0 Å². The van der Waals surface area contributed by atoms with Crippen molar-refractivity contribution >= 4 is 10.8 Å². The quantitative estimate of drug-likeness (QED) is 0.846. The lowest BCUT2D eigenvalue weighted by Crippen LogP contribution is -2.35. The van der Waals surface area contributed by atoms with Gasteiger partial charge in [-0.3, -0.25) is 0 Å². The van der Waals surface area contributed by atoms with Gasteiger partial charge >= 0.3 is 0 Å². The maximum absolute atomic E-state index is 10.1. The molecule has 0 bridgehead atoms. The van der Waals surface area contributed by atoms with Crippen molar-refractivity contribution in [1.29, 1.82) is 0 Å². The van der Waals surface area contributed by atoms with Crippen LogP contribution >= 0.6 is 0 Å². The van der Waals surface area contributed by atoms with E-state index in [-0.39, 0.29) is 16.8 Å². The molecule has 0 aliphatic heterocycles. The zero-order valence-electron chi connectivity index (χ0n) is 19.7. The maximum Gasteiger partial charge on any atom is 0.127 e. The van der Waals surface area contributed by atoms with Crippen LogP contribution in [0, 0.1) is 0 Å². The first kappa shape index (κ1) is 6.25. The number of hydrogen-bond acceptors (Lipinski definition) is 3. The molecular weight excluding hydrogens is 238 g/mol. The number of benzene rings is 2. The molecule has 2 aromatic carbocycles. The van der Waals surface area contributed by atoms with E-state index in [9.17, 15) is 5.11 Å². The molecule has 0 aliphatic carbocycles. The van der Waals surface area contributed by atoms with Crippen LogP contribution in [0.1, 0.15) is 26.2 Å². The fraction of sp³-hybridized carbons (Fsp3) is 0.375. The summed E-state index contributed by atoms with van der Waals surface area (Å²) in [6.07, 6.45) is -1.66. The molecule has 3 nitrogen and oxygen atoms in total. The fourth-order valence-electron chi connectivity index (χ4n) is 1.36. The van der Waals surface area contributed by atoms with Crippen LogP contribution in [0.15, 0.2) is 42.3 Å². The summed E-state index contributed by atoms with van der Waals surface area (Å²) in [6.45, 7) is 0.533. The van der Waals surface area contributed by atoms with Crippen LogP contribution in [-0.4, -0.2) is 30.4 Å². The van der Waals surface area contributed by atoms with Gasteiger partial charge in [0.05, 0.1) is 9.60 Å². The summed E-state index contributed by atoms with van der Waals surface area (Å²) in [4.78, 5) is 0. The zero-order chi connectivity index (χ0) is 21.5. The van der Waals surface area contributed by atoms with Crippen LogP contribution in [0.3, 0.4) is 0 Å². The van der Waals surface area contributed by atoms with Gasteiger partial charge in [-0.15, -0.1) is 0 Å². The SMILES string of the molecule is [2H]c1c([2H])c([2H])c2c(OCC(O)C([2H])([2H])NC(C)C)c([2H])c([2H])c([2H])c2c1[2H]. The van der Waals surface area contributed by atoms with Crippen LogP contribution in [0.2, 0.25) is 0 Å². The highest BCUT2D eigenvalue weighted by atomic mass is 16.5. The number of rotatable bonds is 6. The lowest BCUT2D eigenvalue weighted by atomic mass is 10.1. The predicted octanol–water partition coefficient (Wildman–Crippen LogP) is 2.58. The standard InChI is InChI=1S/C16H21NO2/c1-12(2)17-10-14(18)11-19-16-9-5-7-13-6-3-4-8-15(13)16/h3-9,12,14,17-18H,10-11H2,1-2H3/i3D,4D,5D,6D,7D,8D,9D,10D2. The summed E-state index contributed by atoms with van der Waals surface area (Å²) in [5, 5.41) is 12.2. The molecule has 19 heavy (non-hydrogen) atoms. The molecule has 0 saturated carbocycles. The molecule has 1 atom stereocenters. The van der Waals surface area contributed by atoms with E-state index in [4.69, 9.17) is 17.1 Å². The molecule has 0 spiro atoms. The van der Waals surface area contributed by atoms with Crippen LogP contribution in [0.25, 0.3) is 10.8 Å². The number of hydrogen-bond donors (Lipinski definition) is 2. The molecule has 1 unspecified atom stereocenters. The molecule has 0 saturated heterocycles. The van der Waals surface area contributed by atoms with Gasteiger partial charge in [-0.05, 0) is 11.4 Å². The lowest BCUT2D eigenvalue weighted by Gasteiger charge is -2.15. The maximum atomic E-state index is 10.1. The molecule has 0 aliphatic rings. The van der Waals surface area contributed by atoms with Gasteiger partial charge in [0, 0.05) is 20.7 Å². The Labute approximate surface area is 126 Å². The minimum Gasteiger partial charge on any atom is -0.490 e. The van der Waals surface area contributed by atoms with Gasteiger partial charge in [-0.2, -0.15) is 0 Å². The minimum atomic E-state index is -2.22. The average molecular weight is 268 g/mol. The molecule has 102 valence electrons. The smallest absolute Gasteiger partial charge is 0.127 e. The Morgan fingerprint density at radius 1 is 1.26 bits per heavy atom. The molecule has 2 N–H and O–H groups in total. The lowest BCUT2D eigenvalue weighted by molar-refractivity contribution is 0.105. The van der Waals surface area contributed by atoms with E-state index in [1.54, 1.807) is 13.8 Å². The van der Waals surface area contributed by atoms with Crippen molar-refractivity contribution in [2.75, 3.05) is 13.1 Å². The monoisotopic (exact) mass is 268 g/mol. The van der Waals surface area contributed by atoms with E-state index in [0.717, 1.165) is 0 Å². The second-order valence-electron chi connectivity index (χ2n) is 4.22. The van der Waals surface area contributed by atoms with Crippen molar-refractivity contribution in [3.05, 3.63) is 42.3 Å². The Hall–Kier alpha value is -1.58. The van der Waals surface area contributed by atoms with Gasteiger partial charge < -0.3 is 15.2 Å². The van der Waals surface area contributed by atoms with Crippen molar-refractivity contribution in [1.82, 2.24) is 5.32 Å². The van der Waals surface area contributed by atoms with E-state index in [2.05, 4.69) is 5.32 Å². The number of aliphatic hydroxyl groups excluding tert-OH is 1. The molecule has 0 radical (unpaired) electrons. The van der Waals surface area contributed by atoms with E-state index < -0.39 is 67.3 Å². The highest BCUT2D eigenvalue weighted by Gasteiger charge is 2.07. The Morgan fingerprint density at radius 2 is 2.00 bits per heavy atom. The van der Waals surface area contributed by atoms with Gasteiger partial charge in [0.25, 0.3) is 0 Å². The van der Waals surface area contributed by atoms with Gasteiger partial charge in [0.1, 0.15) is 18.5 Å². The van der Waals surface area contributed by atoms with Gasteiger partial charge in [-0.25, -0.2) is 0 Å². The third-order valence-electron chi connectivity index (χ3n) is 2.20. The molecule has 0 amide bonds. The first-order valence-electron chi connectivity index (χ1n) is 10.4. The highest BCUT2D eigenvalue weighted by molar-refractivity contribution is 5.88. The summed E-state index contributed by atoms with van der Waals surface area (Å²) in [7, 11) is 0. The Kier molecular flexibility index (Phi) is 2.15. The predicted molar refractivity (Wildman–Crippen MR) is 78.6 cm³/mol. The summed E-state index contributed by atoms with van der Waals surface area (Å²) >= 11 is 0. The summed E-state index contributed by atoms with van der Waals surface area (Å²) in [6, 6.07) is -4.20. The first-order valence-corrected chi connectivity index (χ1v) is 5.89. The third-order valence-corrected chi connectivity index (χ3v) is 2.20. The van der Waals surface area contributed by atoms with E-state index in [1.165, 1.54) is 0 Å². The van der Waals surface area contributed by atoms with Gasteiger partial charge in [0.2, 0.25) is 0 Å². The van der Waals surface area contributed by atoms with Crippen molar-refractivity contribution in [2.45, 2.75) is 26.0 Å². The molecular formula is C16H21NO2. The van der Waals surface area contributed by atoms with Crippen LogP contribution in [0.5, 0.6) is 5.75 Å². The normalized spacial score (nSPS) is 20.3. The zero-order valence-corrected chi connectivity index (χ0v) is 10.7. The second kappa shape index (κ2) is 6.55. The topological polar surface area (TPSA) is 41.5 Å². The molecule has 0 fully saturated rings. The number of fused-ring (bicyclic) bond motifs is 1. The van der Waals surface area contributed by atoms with Gasteiger partial charge in [-0.1, -0.05) is 50.1 Å². The van der Waals surface area contributed by atoms with Crippen molar-refractivity contribution in [3.63, 3.8) is 0 Å². The molecule has 3 heteroatoms. The number of aliphatic hydroxyl groups is 1. The second-order valence-corrected chi connectivity index (χ2v) is 4.22. The molecule has 0 heterocycles. The van der Waals surface area contributed by atoms with E-state index in [0.29, 0.717) is 0 Å². The summed E-state index contributed by atoms with van der Waals surface area (Å²) in [5.74, 6) is -0.401. The number of ether oxygens (including phenoxy) is 1. The van der Waals surface area contributed by atoms with Crippen LogP contribution in [0.4, 0.5) is 0 Å². The van der Waals surface area contributed by atoms with Crippen molar-refractivity contribution < 1.29 is 22.2 Å². The van der Waals surface area contributed by atoms with Gasteiger partial charge in [0.15, 0.2) is 0 Å². The minimum absolute atomic E-state index is 0.249. The van der Waals surface area contributed by atoms with Crippen molar-refractivity contribution in [3.8, 4) is 5.75 Å². The van der Waals surface area contributed by atoms with Crippen LogP contribution < -0.4 is 10.1 Å². The average Bonchev–Trinajstić information content (AvgIpc) is 2.60. The Balaban J connectivity index is 2.59. The third kappa shape index (κ3) is 3.94. The number of nitrogens with one attached hydrogen (secondary N) is 1. The molecule has 0 aromatic heterocycles. The molecule has 2 rings (SSSR count). The highest BCUT2D eigenvalue weighted by Crippen LogP contribution is 2.25. The Morgan fingerprint density at radius 3 is 2.79 bits per heavy atom. The summed E-state index contributed by atoms with van der Waals surface area (Å²) in [5.41, 5.74) is 0. The largest absolute Gasteiger partial charge is 0.490 e. The van der Waals surface area contributed by atoms with Crippen molar-refractivity contribution in [2.24, 2.45) is 0 Å². The van der Waals surface area contributed by atoms with Crippen LogP contribution in [-0.2, 0) is 0 Å². The van der Waals surface area contributed by atoms with E-state index >= 15 is 0 Å². The summed E-state index contributed by atoms with van der Waals surface area (Å²) < 4.78 is 76.7.